The molecule has 1 aliphatic rings. The van der Waals surface area contributed by atoms with Gasteiger partial charge in [-0.3, -0.25) is 0 Å². The van der Waals surface area contributed by atoms with Gasteiger partial charge in [-0.2, -0.15) is 0 Å². The number of anilines is 1. The summed E-state index contributed by atoms with van der Waals surface area (Å²) in [5.74, 6) is 0.373. The molecule has 0 aromatic carbocycles. The maximum absolute atomic E-state index is 12.7. The molecule has 0 radical (unpaired) electrons. The van der Waals surface area contributed by atoms with E-state index in [1.807, 2.05) is 6.92 Å². The van der Waals surface area contributed by atoms with Gasteiger partial charge in [-0.1, -0.05) is 0 Å². The van der Waals surface area contributed by atoms with Crippen molar-refractivity contribution in [1.29, 1.82) is 0 Å². The molecule has 2 unspecified atom stereocenters. The van der Waals surface area contributed by atoms with Gasteiger partial charge in [-0.25, -0.2) is 9.37 Å². The standard InChI is InChI=1S/C11H15FN2O/c1-8-11(2,5-6-15-8)14-10-4-3-9(12)7-13-10/h3-4,7-8H,5-6H2,1-2H3,(H,13,14). The number of nitrogens with one attached hydrogen (secondary N) is 1. The zero-order chi connectivity index (χ0) is 10.9. The van der Waals surface area contributed by atoms with Crippen molar-refractivity contribution >= 4 is 5.82 Å². The van der Waals surface area contributed by atoms with E-state index in [1.54, 1.807) is 6.07 Å². The molecule has 82 valence electrons. The molecule has 0 aliphatic carbocycles. The van der Waals surface area contributed by atoms with E-state index in [0.717, 1.165) is 13.0 Å². The highest BCUT2D eigenvalue weighted by molar-refractivity contribution is 5.38. The van der Waals surface area contributed by atoms with Crippen LogP contribution in [-0.2, 0) is 4.74 Å². The first-order valence-corrected chi connectivity index (χ1v) is 5.11. The van der Waals surface area contributed by atoms with E-state index in [-0.39, 0.29) is 17.5 Å². The van der Waals surface area contributed by atoms with E-state index in [0.29, 0.717) is 5.82 Å². The van der Waals surface area contributed by atoms with Crippen molar-refractivity contribution in [1.82, 2.24) is 4.98 Å². The van der Waals surface area contributed by atoms with Crippen LogP contribution in [0.3, 0.4) is 0 Å². The van der Waals surface area contributed by atoms with E-state index in [9.17, 15) is 4.39 Å². The highest BCUT2D eigenvalue weighted by Crippen LogP contribution is 2.28. The quantitative estimate of drug-likeness (QED) is 0.812. The van der Waals surface area contributed by atoms with Gasteiger partial charge in [0.05, 0.1) is 17.8 Å². The summed E-state index contributed by atoms with van der Waals surface area (Å²) >= 11 is 0. The first-order chi connectivity index (χ1) is 7.10. The van der Waals surface area contributed by atoms with Gasteiger partial charge in [0.2, 0.25) is 0 Å². The van der Waals surface area contributed by atoms with Crippen LogP contribution in [0, 0.1) is 5.82 Å². The third-order valence-corrected chi connectivity index (χ3v) is 3.03. The molecular weight excluding hydrogens is 195 g/mol. The van der Waals surface area contributed by atoms with Crippen molar-refractivity contribution in [2.75, 3.05) is 11.9 Å². The minimum Gasteiger partial charge on any atom is -0.376 e. The van der Waals surface area contributed by atoms with Crippen LogP contribution >= 0.6 is 0 Å². The fourth-order valence-electron chi connectivity index (χ4n) is 1.74. The van der Waals surface area contributed by atoms with E-state index in [4.69, 9.17) is 4.74 Å². The third kappa shape index (κ3) is 2.09. The lowest BCUT2D eigenvalue weighted by Gasteiger charge is -2.29. The molecule has 4 heteroatoms. The highest BCUT2D eigenvalue weighted by atomic mass is 19.1. The Labute approximate surface area is 88.7 Å². The van der Waals surface area contributed by atoms with Gasteiger partial charge >= 0.3 is 0 Å². The van der Waals surface area contributed by atoms with Gasteiger partial charge in [0.1, 0.15) is 11.6 Å². The molecule has 0 spiro atoms. The minimum absolute atomic E-state index is 0.106. The van der Waals surface area contributed by atoms with Crippen LogP contribution in [-0.4, -0.2) is 23.2 Å². The van der Waals surface area contributed by atoms with Crippen LogP contribution in [0.5, 0.6) is 0 Å². The Hall–Kier alpha value is -1.16. The molecule has 1 aromatic heterocycles. The molecule has 15 heavy (non-hydrogen) atoms. The molecule has 3 nitrogen and oxygen atoms in total. The van der Waals surface area contributed by atoms with Gasteiger partial charge in [-0.15, -0.1) is 0 Å². The Balaban J connectivity index is 2.11. The monoisotopic (exact) mass is 210 g/mol. The number of nitrogens with zero attached hydrogens (tertiary/aromatic N) is 1. The van der Waals surface area contributed by atoms with E-state index in [2.05, 4.69) is 17.2 Å². The lowest BCUT2D eigenvalue weighted by atomic mass is 9.95. The SMILES string of the molecule is CC1OCCC1(C)Nc1ccc(F)cn1. The largest absolute Gasteiger partial charge is 0.376 e. The fourth-order valence-corrected chi connectivity index (χ4v) is 1.74. The van der Waals surface area contributed by atoms with Crippen LogP contribution in [0.2, 0.25) is 0 Å². The first kappa shape index (κ1) is 10.4. The number of halogens is 1. The van der Waals surface area contributed by atoms with Crippen LogP contribution in [0.25, 0.3) is 0 Å². The molecule has 0 amide bonds. The van der Waals surface area contributed by atoms with Crippen LogP contribution in [0.15, 0.2) is 18.3 Å². The number of hydrogen-bond donors (Lipinski definition) is 1. The fraction of sp³-hybridized carbons (Fsp3) is 0.545. The molecule has 1 N–H and O–H groups in total. The van der Waals surface area contributed by atoms with Gasteiger partial charge in [-0.05, 0) is 32.4 Å². The average Bonchev–Trinajstić information content (AvgIpc) is 2.51. The number of ether oxygens (including phenoxy) is 1. The average molecular weight is 210 g/mol. The third-order valence-electron chi connectivity index (χ3n) is 3.03. The van der Waals surface area contributed by atoms with Crippen molar-refractivity contribution in [3.8, 4) is 0 Å². The summed E-state index contributed by atoms with van der Waals surface area (Å²) in [6, 6.07) is 3.05. The molecule has 2 rings (SSSR count). The molecule has 2 heterocycles. The summed E-state index contributed by atoms with van der Waals surface area (Å²) < 4.78 is 18.2. The molecule has 0 bridgehead atoms. The van der Waals surface area contributed by atoms with E-state index < -0.39 is 0 Å². The van der Waals surface area contributed by atoms with Gasteiger partial charge in [0, 0.05) is 6.61 Å². The summed E-state index contributed by atoms with van der Waals surface area (Å²) in [7, 11) is 0. The second-order valence-electron chi connectivity index (χ2n) is 4.17. The van der Waals surface area contributed by atoms with Crippen LogP contribution in [0.4, 0.5) is 10.2 Å². The second-order valence-corrected chi connectivity index (χ2v) is 4.17. The second kappa shape index (κ2) is 3.77. The summed E-state index contributed by atoms with van der Waals surface area (Å²) in [4.78, 5) is 3.98. The number of aromatic nitrogens is 1. The summed E-state index contributed by atoms with van der Waals surface area (Å²) in [5, 5.41) is 3.29. The molecule has 0 saturated carbocycles. The normalized spacial score (nSPS) is 30.5. The van der Waals surface area contributed by atoms with Crippen molar-refractivity contribution in [3.63, 3.8) is 0 Å². The summed E-state index contributed by atoms with van der Waals surface area (Å²) in [6.45, 7) is 4.88. The van der Waals surface area contributed by atoms with Gasteiger partial charge in [0.25, 0.3) is 0 Å². The highest BCUT2D eigenvalue weighted by Gasteiger charge is 2.37. The molecule has 1 aliphatic heterocycles. The maximum Gasteiger partial charge on any atom is 0.141 e. The smallest absolute Gasteiger partial charge is 0.141 e. The van der Waals surface area contributed by atoms with Crippen LogP contribution < -0.4 is 5.32 Å². The lowest BCUT2D eigenvalue weighted by molar-refractivity contribution is 0.105. The summed E-state index contributed by atoms with van der Waals surface area (Å²) in [6.07, 6.45) is 2.30. The zero-order valence-electron chi connectivity index (χ0n) is 8.96. The Morgan fingerprint density at radius 3 is 2.93 bits per heavy atom. The van der Waals surface area contributed by atoms with Crippen molar-refractivity contribution < 1.29 is 9.13 Å². The number of pyridine rings is 1. The van der Waals surface area contributed by atoms with Crippen LogP contribution in [0.1, 0.15) is 20.3 Å². The maximum atomic E-state index is 12.7. The zero-order valence-corrected chi connectivity index (χ0v) is 8.96. The van der Waals surface area contributed by atoms with Gasteiger partial charge < -0.3 is 10.1 Å². The molecule has 1 aromatic rings. The topological polar surface area (TPSA) is 34.1 Å². The van der Waals surface area contributed by atoms with Crippen molar-refractivity contribution in [2.24, 2.45) is 0 Å². The Morgan fingerprint density at radius 2 is 2.40 bits per heavy atom. The lowest BCUT2D eigenvalue weighted by Crippen LogP contribution is -2.41. The molecule has 1 saturated heterocycles. The van der Waals surface area contributed by atoms with E-state index in [1.165, 1.54) is 12.3 Å². The first-order valence-electron chi connectivity index (χ1n) is 5.11. The Bertz CT molecular complexity index is 341. The van der Waals surface area contributed by atoms with Crippen molar-refractivity contribution in [2.45, 2.75) is 31.9 Å². The Kier molecular flexibility index (Phi) is 2.61. The van der Waals surface area contributed by atoms with Crippen molar-refractivity contribution in [3.05, 3.63) is 24.1 Å². The van der Waals surface area contributed by atoms with Gasteiger partial charge in [0.15, 0.2) is 0 Å². The van der Waals surface area contributed by atoms with E-state index >= 15 is 0 Å². The predicted molar refractivity (Wildman–Crippen MR) is 56.3 cm³/mol. The number of hydrogen-bond acceptors (Lipinski definition) is 3. The molecule has 2 atom stereocenters. The summed E-state index contributed by atoms with van der Waals surface area (Å²) in [5.41, 5.74) is -0.106. The minimum atomic E-state index is -0.318. The number of rotatable bonds is 2. The Morgan fingerprint density at radius 1 is 1.60 bits per heavy atom. The predicted octanol–water partition coefficient (Wildman–Crippen LogP) is 2.20. The molecule has 1 fully saturated rings. The molecular formula is C11H15FN2O.